The number of alkyl halides is 3. The Morgan fingerprint density at radius 2 is 1.28 bits per heavy atom. The molecule has 2 aliphatic rings. The predicted octanol–water partition coefficient (Wildman–Crippen LogP) is 9.36. The van der Waals surface area contributed by atoms with E-state index in [1.807, 2.05) is 0 Å². The molecule has 3 rings (SSSR count). The van der Waals surface area contributed by atoms with Crippen molar-refractivity contribution in [2.45, 2.75) is 103 Å². The maximum atomic E-state index is 13.8. The van der Waals surface area contributed by atoms with E-state index in [1.165, 1.54) is 57.8 Å². The Morgan fingerprint density at radius 1 is 0.812 bits per heavy atom. The van der Waals surface area contributed by atoms with Crippen LogP contribution < -0.4 is 0 Å². The zero-order chi connectivity index (χ0) is 23.3. The Kier molecular flexibility index (Phi) is 9.03. The monoisotopic (exact) mass is 458 g/mol. The molecule has 1 unspecified atom stereocenters. The third-order valence-electron chi connectivity index (χ3n) is 8.44. The van der Waals surface area contributed by atoms with Gasteiger partial charge in [-0.25, -0.2) is 8.78 Å². The SMILES string of the molecule is CCC(C)CCC1CCC(C2CCC(CCc3cc(F)c(C(F)(F)F)c(F)c3)CC2)CC1. The van der Waals surface area contributed by atoms with Crippen molar-refractivity contribution in [3.63, 3.8) is 0 Å². The van der Waals surface area contributed by atoms with Crippen molar-refractivity contribution >= 4 is 0 Å². The summed E-state index contributed by atoms with van der Waals surface area (Å²) in [5.41, 5.74) is -1.46. The molecule has 0 aromatic heterocycles. The highest BCUT2D eigenvalue weighted by Gasteiger charge is 2.38. The van der Waals surface area contributed by atoms with Crippen LogP contribution in [-0.2, 0) is 12.6 Å². The van der Waals surface area contributed by atoms with Crippen LogP contribution in [-0.4, -0.2) is 0 Å². The van der Waals surface area contributed by atoms with Crippen LogP contribution in [0.15, 0.2) is 12.1 Å². The smallest absolute Gasteiger partial charge is 0.206 e. The summed E-state index contributed by atoms with van der Waals surface area (Å²) in [6.07, 6.45) is 10.5. The molecule has 1 aromatic rings. The number of benzene rings is 1. The van der Waals surface area contributed by atoms with Crippen molar-refractivity contribution in [1.82, 2.24) is 0 Å². The van der Waals surface area contributed by atoms with E-state index in [-0.39, 0.29) is 0 Å². The van der Waals surface area contributed by atoms with E-state index in [2.05, 4.69) is 13.8 Å². The zero-order valence-electron chi connectivity index (χ0n) is 19.6. The van der Waals surface area contributed by atoms with Gasteiger partial charge in [0.15, 0.2) is 0 Å². The van der Waals surface area contributed by atoms with Gasteiger partial charge in [-0.2, -0.15) is 13.2 Å². The van der Waals surface area contributed by atoms with Crippen molar-refractivity contribution in [2.75, 3.05) is 0 Å². The summed E-state index contributed by atoms with van der Waals surface area (Å²) in [4.78, 5) is 0. The van der Waals surface area contributed by atoms with E-state index >= 15 is 0 Å². The molecule has 0 radical (unpaired) electrons. The molecule has 0 N–H and O–H groups in total. The van der Waals surface area contributed by atoms with Gasteiger partial charge in [-0.1, -0.05) is 58.8 Å². The first-order chi connectivity index (χ1) is 15.2. The van der Waals surface area contributed by atoms with Crippen LogP contribution in [0.25, 0.3) is 0 Å². The maximum absolute atomic E-state index is 13.8. The van der Waals surface area contributed by atoms with Crippen LogP contribution >= 0.6 is 0 Å². The molecule has 0 aliphatic heterocycles. The van der Waals surface area contributed by atoms with Gasteiger partial charge in [-0.15, -0.1) is 0 Å². The average molecular weight is 459 g/mol. The van der Waals surface area contributed by atoms with Crippen LogP contribution in [0.3, 0.4) is 0 Å². The molecule has 0 bridgehead atoms. The van der Waals surface area contributed by atoms with Crippen molar-refractivity contribution in [2.24, 2.45) is 29.6 Å². The number of hydrogen-bond donors (Lipinski definition) is 0. The van der Waals surface area contributed by atoms with Crippen LogP contribution in [0.4, 0.5) is 22.0 Å². The first-order valence-electron chi connectivity index (χ1n) is 12.7. The maximum Gasteiger partial charge on any atom is 0.422 e. The Labute approximate surface area is 190 Å². The van der Waals surface area contributed by atoms with E-state index in [0.29, 0.717) is 17.9 Å². The van der Waals surface area contributed by atoms with Crippen LogP contribution in [0.5, 0.6) is 0 Å². The van der Waals surface area contributed by atoms with E-state index < -0.39 is 23.4 Å². The van der Waals surface area contributed by atoms with Gasteiger partial charge >= 0.3 is 6.18 Å². The molecule has 2 fully saturated rings. The molecule has 1 aromatic carbocycles. The van der Waals surface area contributed by atoms with Crippen LogP contribution in [0.1, 0.15) is 102 Å². The topological polar surface area (TPSA) is 0 Å². The van der Waals surface area contributed by atoms with E-state index in [0.717, 1.165) is 55.1 Å². The predicted molar refractivity (Wildman–Crippen MR) is 119 cm³/mol. The lowest BCUT2D eigenvalue weighted by Gasteiger charge is -2.38. The summed E-state index contributed by atoms with van der Waals surface area (Å²) in [7, 11) is 0. The quantitative estimate of drug-likeness (QED) is 0.340. The number of rotatable bonds is 8. The molecule has 0 nitrogen and oxygen atoms in total. The molecule has 32 heavy (non-hydrogen) atoms. The van der Waals surface area contributed by atoms with Gasteiger partial charge in [0, 0.05) is 0 Å². The summed E-state index contributed by atoms with van der Waals surface area (Å²) in [6.45, 7) is 4.63. The third kappa shape index (κ3) is 6.93. The first kappa shape index (κ1) is 25.5. The summed E-state index contributed by atoms with van der Waals surface area (Å²) < 4.78 is 65.8. The van der Waals surface area contributed by atoms with Crippen molar-refractivity contribution in [1.29, 1.82) is 0 Å². The van der Waals surface area contributed by atoms with E-state index in [1.54, 1.807) is 0 Å². The molecule has 5 heteroatoms. The number of halogens is 5. The second-order valence-corrected chi connectivity index (χ2v) is 10.6. The van der Waals surface area contributed by atoms with Crippen molar-refractivity contribution in [3.05, 3.63) is 34.9 Å². The number of hydrogen-bond acceptors (Lipinski definition) is 0. The lowest BCUT2D eigenvalue weighted by molar-refractivity contribution is -0.142. The summed E-state index contributed by atoms with van der Waals surface area (Å²) in [5, 5.41) is 0. The van der Waals surface area contributed by atoms with Gasteiger partial charge in [0.25, 0.3) is 0 Å². The zero-order valence-corrected chi connectivity index (χ0v) is 19.6. The molecule has 182 valence electrons. The molecule has 0 spiro atoms. The van der Waals surface area contributed by atoms with E-state index in [9.17, 15) is 22.0 Å². The molecular formula is C27H39F5. The average Bonchev–Trinajstić information content (AvgIpc) is 2.75. The Morgan fingerprint density at radius 3 is 1.72 bits per heavy atom. The fourth-order valence-electron chi connectivity index (χ4n) is 6.03. The Hall–Kier alpha value is -1.13. The fraction of sp³-hybridized carbons (Fsp3) is 0.778. The third-order valence-corrected chi connectivity index (χ3v) is 8.44. The fourth-order valence-corrected chi connectivity index (χ4v) is 6.03. The van der Waals surface area contributed by atoms with Gasteiger partial charge in [0.05, 0.1) is 0 Å². The highest BCUT2D eigenvalue weighted by Crippen LogP contribution is 2.43. The van der Waals surface area contributed by atoms with Crippen LogP contribution in [0, 0.1) is 41.2 Å². The Balaban J connectivity index is 1.40. The molecule has 2 saturated carbocycles. The van der Waals surface area contributed by atoms with E-state index in [4.69, 9.17) is 0 Å². The lowest BCUT2D eigenvalue weighted by Crippen LogP contribution is -2.26. The molecule has 2 aliphatic carbocycles. The highest BCUT2D eigenvalue weighted by atomic mass is 19.4. The molecule has 0 amide bonds. The molecular weight excluding hydrogens is 419 g/mol. The molecule has 0 heterocycles. The van der Waals surface area contributed by atoms with Gasteiger partial charge in [-0.05, 0) is 85.8 Å². The summed E-state index contributed by atoms with van der Waals surface area (Å²) >= 11 is 0. The minimum Gasteiger partial charge on any atom is -0.206 e. The standard InChI is InChI=1S/C27H39F5/c1-3-18(2)4-5-19-8-12-22(13-9-19)23-14-10-20(11-15-23)6-7-21-16-24(28)26(25(29)17-21)27(30,31)32/h16-20,22-23H,3-15H2,1-2H3. The van der Waals surface area contributed by atoms with Crippen LogP contribution in [0.2, 0.25) is 0 Å². The molecule has 1 atom stereocenters. The highest BCUT2D eigenvalue weighted by molar-refractivity contribution is 5.28. The van der Waals surface area contributed by atoms with Crippen molar-refractivity contribution < 1.29 is 22.0 Å². The second-order valence-electron chi connectivity index (χ2n) is 10.6. The van der Waals surface area contributed by atoms with Gasteiger partial charge in [0.2, 0.25) is 0 Å². The van der Waals surface area contributed by atoms with Gasteiger partial charge in [-0.3, -0.25) is 0 Å². The van der Waals surface area contributed by atoms with Crippen molar-refractivity contribution in [3.8, 4) is 0 Å². The number of aryl methyl sites for hydroxylation is 1. The largest absolute Gasteiger partial charge is 0.422 e. The summed E-state index contributed by atoms with van der Waals surface area (Å²) in [5.74, 6) is 0.926. The normalized spacial score (nSPS) is 28.0. The second kappa shape index (κ2) is 11.3. The Bertz CT molecular complexity index is 686. The summed E-state index contributed by atoms with van der Waals surface area (Å²) in [6, 6.07) is 1.72. The van der Waals surface area contributed by atoms with Gasteiger partial charge < -0.3 is 0 Å². The minimum atomic E-state index is -5.00. The van der Waals surface area contributed by atoms with Gasteiger partial charge in [0.1, 0.15) is 17.2 Å². The minimum absolute atomic E-state index is 0.325. The molecule has 0 saturated heterocycles. The lowest BCUT2D eigenvalue weighted by atomic mass is 9.68. The first-order valence-corrected chi connectivity index (χ1v) is 12.7.